The van der Waals surface area contributed by atoms with E-state index < -0.39 is 11.7 Å². The highest BCUT2D eigenvalue weighted by molar-refractivity contribution is 5.31. The lowest BCUT2D eigenvalue weighted by Crippen LogP contribution is -2.64. The Kier molecular flexibility index (Phi) is 6.50. The lowest BCUT2D eigenvalue weighted by atomic mass is 9.38. The molecule has 0 heterocycles. The van der Waals surface area contributed by atoms with Crippen LogP contribution in [0.4, 0.5) is 0 Å². The molecule has 4 N–H and O–H groups in total. The monoisotopic (exact) mass is 476 g/mol. The van der Waals surface area contributed by atoms with Crippen LogP contribution in [0.15, 0.2) is 11.6 Å². The number of hydrogen-bond acceptors (Lipinski definition) is 4. The Morgan fingerprint density at radius 2 is 1.62 bits per heavy atom. The highest BCUT2D eigenvalue weighted by Crippen LogP contribution is 2.74. The number of aliphatic hydroxyl groups excluding tert-OH is 3. The van der Waals surface area contributed by atoms with Crippen molar-refractivity contribution in [3.63, 3.8) is 0 Å². The van der Waals surface area contributed by atoms with Crippen molar-refractivity contribution < 1.29 is 20.4 Å². The van der Waals surface area contributed by atoms with Crippen LogP contribution in [0.1, 0.15) is 107 Å². The van der Waals surface area contributed by atoms with E-state index in [4.69, 9.17) is 0 Å². The SMILES string of the molecule is C[C@H](CC[C@@H](O)C(C)(C)O)C1CC[C@@]2(C)[C@@H]3CC=C4C(CC[C@H](O)C4(C)C)C3(C)[C@H](O)C[C@]12C. The summed E-state index contributed by atoms with van der Waals surface area (Å²) in [5.41, 5.74) is 0.184. The van der Waals surface area contributed by atoms with Crippen molar-refractivity contribution in [3.8, 4) is 0 Å². The first-order valence-electron chi connectivity index (χ1n) is 14.0. The third-order valence-corrected chi connectivity index (χ3v) is 12.4. The highest BCUT2D eigenvalue weighted by atomic mass is 16.3. The maximum atomic E-state index is 11.9. The van der Waals surface area contributed by atoms with Crippen molar-refractivity contribution in [2.75, 3.05) is 0 Å². The fraction of sp³-hybridized carbons (Fsp3) is 0.933. The summed E-state index contributed by atoms with van der Waals surface area (Å²) in [7, 11) is 0. The summed E-state index contributed by atoms with van der Waals surface area (Å²) in [5, 5.41) is 43.3. The molecule has 3 saturated carbocycles. The summed E-state index contributed by atoms with van der Waals surface area (Å²) in [5.74, 6) is 1.74. The number of allylic oxidation sites excluding steroid dienone is 1. The number of aliphatic hydroxyl groups is 4. The number of rotatable bonds is 5. The van der Waals surface area contributed by atoms with E-state index in [0.29, 0.717) is 30.1 Å². The minimum atomic E-state index is -1.07. The first-order chi connectivity index (χ1) is 15.5. The molecule has 4 rings (SSSR count). The highest BCUT2D eigenvalue weighted by Gasteiger charge is 2.70. The molecule has 0 aliphatic heterocycles. The first-order valence-corrected chi connectivity index (χ1v) is 14.0. The molecule has 0 amide bonds. The van der Waals surface area contributed by atoms with Gasteiger partial charge in [0.1, 0.15) is 0 Å². The molecule has 0 aromatic heterocycles. The second kappa shape index (κ2) is 8.30. The summed E-state index contributed by atoms with van der Waals surface area (Å²) >= 11 is 0. The maximum absolute atomic E-state index is 11.9. The molecule has 4 nitrogen and oxygen atoms in total. The van der Waals surface area contributed by atoms with Crippen LogP contribution in [-0.2, 0) is 0 Å². The second-order valence-electron chi connectivity index (χ2n) is 14.6. The van der Waals surface area contributed by atoms with Crippen LogP contribution >= 0.6 is 0 Å². The zero-order valence-electron chi connectivity index (χ0n) is 23.1. The van der Waals surface area contributed by atoms with Crippen molar-refractivity contribution >= 4 is 0 Å². The first kappa shape index (κ1) is 26.6. The van der Waals surface area contributed by atoms with Gasteiger partial charge in [-0.15, -0.1) is 0 Å². The van der Waals surface area contributed by atoms with Crippen molar-refractivity contribution in [3.05, 3.63) is 11.6 Å². The molecule has 3 unspecified atom stereocenters. The molecular formula is C30H52O4. The molecule has 0 radical (unpaired) electrons. The minimum absolute atomic E-state index is 0.0603. The van der Waals surface area contributed by atoms with E-state index in [1.54, 1.807) is 13.8 Å². The zero-order chi connectivity index (χ0) is 25.5. The molecule has 196 valence electrons. The summed E-state index contributed by atoms with van der Waals surface area (Å²) in [4.78, 5) is 0. The van der Waals surface area contributed by atoms with Crippen LogP contribution < -0.4 is 0 Å². The van der Waals surface area contributed by atoms with Gasteiger partial charge in [-0.3, -0.25) is 0 Å². The van der Waals surface area contributed by atoms with Crippen molar-refractivity contribution in [2.24, 2.45) is 45.3 Å². The fourth-order valence-corrected chi connectivity index (χ4v) is 9.64. The van der Waals surface area contributed by atoms with E-state index in [1.165, 1.54) is 18.4 Å². The van der Waals surface area contributed by atoms with Crippen LogP contribution in [0.25, 0.3) is 0 Å². The van der Waals surface area contributed by atoms with Gasteiger partial charge in [0.05, 0.1) is 23.9 Å². The van der Waals surface area contributed by atoms with Gasteiger partial charge in [-0.2, -0.15) is 0 Å². The Labute approximate surface area is 208 Å². The predicted octanol–water partition coefficient (Wildman–Crippen LogP) is 5.47. The Morgan fingerprint density at radius 1 is 0.971 bits per heavy atom. The minimum Gasteiger partial charge on any atom is -0.393 e. The van der Waals surface area contributed by atoms with Gasteiger partial charge in [-0.05, 0) is 99.7 Å². The molecule has 3 fully saturated rings. The summed E-state index contributed by atoms with van der Waals surface area (Å²) < 4.78 is 0. The quantitative estimate of drug-likeness (QED) is 0.397. The van der Waals surface area contributed by atoms with Crippen LogP contribution in [-0.4, -0.2) is 44.3 Å². The normalized spacial score (nSPS) is 47.8. The van der Waals surface area contributed by atoms with Gasteiger partial charge in [-0.25, -0.2) is 0 Å². The molecule has 4 aliphatic carbocycles. The van der Waals surface area contributed by atoms with Crippen molar-refractivity contribution in [1.29, 1.82) is 0 Å². The molecule has 10 atom stereocenters. The average Bonchev–Trinajstić information content (AvgIpc) is 2.99. The zero-order valence-corrected chi connectivity index (χ0v) is 23.1. The molecule has 0 aromatic rings. The second-order valence-corrected chi connectivity index (χ2v) is 14.6. The Balaban J connectivity index is 1.63. The molecule has 0 aromatic carbocycles. The van der Waals surface area contributed by atoms with Gasteiger partial charge in [0, 0.05) is 10.8 Å². The molecule has 4 aliphatic rings. The topological polar surface area (TPSA) is 80.9 Å². The maximum Gasteiger partial charge on any atom is 0.0849 e. The Morgan fingerprint density at radius 3 is 2.24 bits per heavy atom. The van der Waals surface area contributed by atoms with Crippen molar-refractivity contribution in [1.82, 2.24) is 0 Å². The van der Waals surface area contributed by atoms with E-state index in [-0.39, 0.29) is 33.9 Å². The van der Waals surface area contributed by atoms with Crippen LogP contribution in [0.3, 0.4) is 0 Å². The molecule has 34 heavy (non-hydrogen) atoms. The Bertz CT molecular complexity index is 811. The third-order valence-electron chi connectivity index (χ3n) is 12.4. The third kappa shape index (κ3) is 3.60. The van der Waals surface area contributed by atoms with E-state index >= 15 is 0 Å². The summed E-state index contributed by atoms with van der Waals surface area (Å²) in [6, 6.07) is 0. The van der Waals surface area contributed by atoms with Gasteiger partial charge in [0.15, 0.2) is 0 Å². The van der Waals surface area contributed by atoms with Crippen LogP contribution in [0.2, 0.25) is 0 Å². The van der Waals surface area contributed by atoms with E-state index in [1.807, 2.05) is 0 Å². The molecule has 4 heteroatoms. The largest absolute Gasteiger partial charge is 0.393 e. The van der Waals surface area contributed by atoms with Gasteiger partial charge in [0.2, 0.25) is 0 Å². The van der Waals surface area contributed by atoms with Gasteiger partial charge < -0.3 is 20.4 Å². The van der Waals surface area contributed by atoms with Crippen molar-refractivity contribution in [2.45, 2.75) is 131 Å². The standard InChI is InChI=1S/C30H52O4/c1-18(9-13-24(32)27(4,5)34)19-15-16-28(6)22-12-10-20-21(11-14-23(31)26(20,2)3)30(22,8)25(33)17-29(19,28)7/h10,18-19,21-25,31-34H,9,11-17H2,1-8H3/t18-,19?,21?,22+,23+,24-,25-,28+,29-,30?/m1/s1. The van der Waals surface area contributed by atoms with E-state index in [2.05, 4.69) is 47.6 Å². The fourth-order valence-electron chi connectivity index (χ4n) is 9.64. The Hall–Kier alpha value is -0.420. The van der Waals surface area contributed by atoms with Gasteiger partial charge in [-0.1, -0.05) is 53.2 Å². The molecular weight excluding hydrogens is 424 g/mol. The number of hydrogen-bond donors (Lipinski definition) is 4. The molecule has 0 spiro atoms. The van der Waals surface area contributed by atoms with Gasteiger partial charge in [0.25, 0.3) is 0 Å². The summed E-state index contributed by atoms with van der Waals surface area (Å²) in [6.45, 7) is 17.4. The average molecular weight is 477 g/mol. The van der Waals surface area contributed by atoms with Crippen LogP contribution in [0.5, 0.6) is 0 Å². The van der Waals surface area contributed by atoms with E-state index in [9.17, 15) is 20.4 Å². The van der Waals surface area contributed by atoms with Crippen LogP contribution in [0, 0.1) is 45.3 Å². The summed E-state index contributed by atoms with van der Waals surface area (Å²) in [6.07, 6.45) is 8.64. The lowest BCUT2D eigenvalue weighted by molar-refractivity contribution is -0.204. The lowest BCUT2D eigenvalue weighted by Gasteiger charge is -2.67. The predicted molar refractivity (Wildman–Crippen MR) is 137 cm³/mol. The number of fused-ring (bicyclic) bond motifs is 5. The van der Waals surface area contributed by atoms with E-state index in [0.717, 1.165) is 32.1 Å². The molecule has 0 bridgehead atoms. The van der Waals surface area contributed by atoms with Gasteiger partial charge >= 0.3 is 0 Å². The molecule has 0 saturated heterocycles. The smallest absolute Gasteiger partial charge is 0.0849 e.